The predicted octanol–water partition coefficient (Wildman–Crippen LogP) is 8.91. The molecule has 0 atom stereocenters. The van der Waals surface area contributed by atoms with Gasteiger partial charge in [-0.1, -0.05) is 48.5 Å². The van der Waals surface area contributed by atoms with E-state index in [4.69, 9.17) is 0 Å². The normalized spacial score (nSPS) is 12.2. The molecule has 33 heavy (non-hydrogen) atoms. The minimum atomic E-state index is 1.10. The molecule has 0 fully saturated rings. The highest BCUT2D eigenvalue weighted by atomic mass is 32.1. The van der Waals surface area contributed by atoms with Crippen LogP contribution in [0.25, 0.3) is 68.0 Å². The predicted molar refractivity (Wildman–Crippen MR) is 144 cm³/mol. The minimum absolute atomic E-state index is 1.10. The molecule has 154 valence electrons. The van der Waals surface area contributed by atoms with Crippen molar-refractivity contribution in [2.24, 2.45) is 0 Å². The maximum Gasteiger partial charge on any atom is 0.124 e. The Morgan fingerprint density at radius 2 is 1.36 bits per heavy atom. The molecule has 4 heteroatoms. The van der Waals surface area contributed by atoms with Gasteiger partial charge < -0.3 is 4.57 Å². The van der Waals surface area contributed by atoms with Crippen molar-refractivity contribution in [3.8, 4) is 5.69 Å². The Balaban J connectivity index is 1.58. The van der Waals surface area contributed by atoms with Crippen LogP contribution in [0.4, 0.5) is 0 Å². The Labute approximate surface area is 196 Å². The summed E-state index contributed by atoms with van der Waals surface area (Å²) in [7, 11) is 0. The summed E-state index contributed by atoms with van der Waals surface area (Å²) in [4.78, 5) is 5.71. The van der Waals surface area contributed by atoms with Gasteiger partial charge in [0.25, 0.3) is 0 Å². The first-order chi connectivity index (χ1) is 16.4. The van der Waals surface area contributed by atoms with Crippen molar-refractivity contribution in [2.45, 2.75) is 0 Å². The van der Waals surface area contributed by atoms with E-state index in [1.807, 2.05) is 23.6 Å². The molecule has 4 aromatic carbocycles. The molecule has 0 aliphatic carbocycles. The molecule has 0 saturated heterocycles. The number of nitrogens with zero attached hydrogens (tertiary/aromatic N) is 2. The molecule has 0 aliphatic heterocycles. The molecule has 0 N–H and O–H groups in total. The number of fused-ring (bicyclic) bond motifs is 9. The third-order valence-electron chi connectivity index (χ3n) is 6.67. The number of thiophene rings is 2. The summed E-state index contributed by atoms with van der Waals surface area (Å²) in [6.45, 7) is 0. The fraction of sp³-hybridized carbons (Fsp3) is 0. The Morgan fingerprint density at radius 3 is 2.33 bits per heavy atom. The van der Waals surface area contributed by atoms with Crippen LogP contribution in [0.5, 0.6) is 0 Å². The second-order valence-electron chi connectivity index (χ2n) is 8.43. The number of rotatable bonds is 1. The van der Waals surface area contributed by atoms with E-state index in [0.29, 0.717) is 0 Å². The quantitative estimate of drug-likeness (QED) is 0.241. The van der Waals surface area contributed by atoms with Crippen LogP contribution in [0.15, 0.2) is 97.2 Å². The highest BCUT2D eigenvalue weighted by Gasteiger charge is 2.18. The van der Waals surface area contributed by atoms with E-state index in [1.165, 1.54) is 63.1 Å². The molecule has 0 saturated carbocycles. The van der Waals surface area contributed by atoms with Gasteiger partial charge in [0.2, 0.25) is 0 Å². The van der Waals surface area contributed by atoms with Crippen LogP contribution >= 0.6 is 22.7 Å². The van der Waals surface area contributed by atoms with Crippen molar-refractivity contribution in [1.82, 2.24) is 9.55 Å². The molecule has 0 unspecified atom stereocenters. The van der Waals surface area contributed by atoms with Crippen LogP contribution in [0.2, 0.25) is 0 Å². The highest BCUT2D eigenvalue weighted by molar-refractivity contribution is 7.26. The van der Waals surface area contributed by atoms with Crippen LogP contribution in [-0.4, -0.2) is 9.55 Å². The van der Waals surface area contributed by atoms with Gasteiger partial charge in [-0.2, -0.15) is 0 Å². The van der Waals surface area contributed by atoms with E-state index in [0.717, 1.165) is 4.83 Å². The topological polar surface area (TPSA) is 17.8 Å². The molecule has 0 bridgehead atoms. The lowest BCUT2D eigenvalue weighted by Gasteiger charge is -2.09. The van der Waals surface area contributed by atoms with E-state index in [2.05, 4.69) is 94.5 Å². The van der Waals surface area contributed by atoms with Gasteiger partial charge in [0.1, 0.15) is 4.83 Å². The summed E-state index contributed by atoms with van der Waals surface area (Å²) < 4.78 is 6.41. The van der Waals surface area contributed by atoms with Gasteiger partial charge in [-0.3, -0.25) is 0 Å². The standard InChI is InChI=1S/C29H16N2S2/c1-3-11-23-17(7-1)21-16-27-22(20-10-6-14-30-29(20)33-27)15-25(21)31(23)24-12-5-9-19-18-8-2-4-13-26(18)32-28(19)24/h1-16H. The molecule has 8 rings (SSSR count). The van der Waals surface area contributed by atoms with Gasteiger partial charge in [0.05, 0.1) is 21.4 Å². The number of para-hydroxylation sites is 1. The van der Waals surface area contributed by atoms with Crippen LogP contribution in [-0.2, 0) is 0 Å². The Bertz CT molecular complexity index is 2040. The van der Waals surface area contributed by atoms with Crippen LogP contribution in [0, 0.1) is 0 Å². The van der Waals surface area contributed by atoms with Crippen molar-refractivity contribution in [3.05, 3.63) is 97.2 Å². The fourth-order valence-electron chi connectivity index (χ4n) is 5.24. The van der Waals surface area contributed by atoms with E-state index in [-0.39, 0.29) is 0 Å². The zero-order chi connectivity index (χ0) is 21.5. The number of pyridine rings is 1. The molecule has 0 spiro atoms. The number of aromatic nitrogens is 2. The SMILES string of the molecule is c1ccc2c(c1)sc1c(-n3c4ccccc4c4cc5sc6ncccc6c5cc43)cccc12. The molecule has 0 radical (unpaired) electrons. The molecular formula is C29H16N2S2. The molecule has 2 nitrogen and oxygen atoms in total. The maximum absolute atomic E-state index is 4.61. The minimum Gasteiger partial charge on any atom is -0.308 e. The second-order valence-corrected chi connectivity index (χ2v) is 10.5. The van der Waals surface area contributed by atoms with Crippen LogP contribution in [0.1, 0.15) is 0 Å². The van der Waals surface area contributed by atoms with E-state index in [9.17, 15) is 0 Å². The fourth-order valence-corrected chi connectivity index (χ4v) is 7.51. The lowest BCUT2D eigenvalue weighted by molar-refractivity contribution is 1.20. The van der Waals surface area contributed by atoms with Gasteiger partial charge >= 0.3 is 0 Å². The van der Waals surface area contributed by atoms with Gasteiger partial charge in [-0.05, 0) is 42.5 Å². The van der Waals surface area contributed by atoms with Crippen molar-refractivity contribution in [1.29, 1.82) is 0 Å². The molecule has 8 aromatic rings. The third-order valence-corrected chi connectivity index (χ3v) is 8.95. The zero-order valence-corrected chi connectivity index (χ0v) is 19.1. The maximum atomic E-state index is 4.61. The third kappa shape index (κ3) is 2.34. The lowest BCUT2D eigenvalue weighted by atomic mass is 10.1. The number of hydrogen-bond donors (Lipinski definition) is 0. The van der Waals surface area contributed by atoms with E-state index in [1.54, 1.807) is 11.3 Å². The lowest BCUT2D eigenvalue weighted by Crippen LogP contribution is -1.93. The number of hydrogen-bond acceptors (Lipinski definition) is 3. The first-order valence-electron chi connectivity index (χ1n) is 11.0. The van der Waals surface area contributed by atoms with Gasteiger partial charge in [0, 0.05) is 47.9 Å². The van der Waals surface area contributed by atoms with Crippen LogP contribution < -0.4 is 0 Å². The van der Waals surface area contributed by atoms with Crippen molar-refractivity contribution >= 4 is 85.0 Å². The van der Waals surface area contributed by atoms with Gasteiger partial charge in [0.15, 0.2) is 0 Å². The summed E-state index contributed by atoms with van der Waals surface area (Å²) in [5.74, 6) is 0. The average molecular weight is 457 g/mol. The highest BCUT2D eigenvalue weighted by Crippen LogP contribution is 2.43. The van der Waals surface area contributed by atoms with Crippen LogP contribution in [0.3, 0.4) is 0 Å². The van der Waals surface area contributed by atoms with E-state index < -0.39 is 0 Å². The van der Waals surface area contributed by atoms with Gasteiger partial charge in [-0.15, -0.1) is 22.7 Å². The summed E-state index contributed by atoms with van der Waals surface area (Å²) in [5, 5.41) is 7.75. The summed E-state index contributed by atoms with van der Waals surface area (Å²) in [5.41, 5.74) is 3.74. The average Bonchev–Trinajstić information content (AvgIpc) is 3.52. The Morgan fingerprint density at radius 1 is 0.545 bits per heavy atom. The Kier molecular flexibility index (Phi) is 3.45. The molecular weight excluding hydrogens is 440 g/mol. The molecule has 4 heterocycles. The van der Waals surface area contributed by atoms with Crippen molar-refractivity contribution in [3.63, 3.8) is 0 Å². The summed E-state index contributed by atoms with van der Waals surface area (Å²) in [6, 6.07) is 33.2. The van der Waals surface area contributed by atoms with E-state index >= 15 is 0 Å². The summed E-state index contributed by atoms with van der Waals surface area (Å²) >= 11 is 3.66. The smallest absolute Gasteiger partial charge is 0.124 e. The second kappa shape index (κ2) is 6.41. The summed E-state index contributed by atoms with van der Waals surface area (Å²) in [6.07, 6.45) is 1.88. The van der Waals surface area contributed by atoms with Crippen molar-refractivity contribution in [2.75, 3.05) is 0 Å². The molecule has 4 aromatic heterocycles. The zero-order valence-electron chi connectivity index (χ0n) is 17.4. The van der Waals surface area contributed by atoms with Gasteiger partial charge in [-0.25, -0.2) is 4.98 Å². The first kappa shape index (κ1) is 17.8. The monoisotopic (exact) mass is 456 g/mol. The Hall–Kier alpha value is -3.73. The largest absolute Gasteiger partial charge is 0.308 e. The molecule has 0 amide bonds. The molecule has 0 aliphatic rings. The number of benzene rings is 4. The van der Waals surface area contributed by atoms with Crippen molar-refractivity contribution < 1.29 is 0 Å². The first-order valence-corrected chi connectivity index (χ1v) is 12.6.